The van der Waals surface area contributed by atoms with E-state index in [0.717, 1.165) is 35.7 Å². The average molecular weight is 348 g/mol. The van der Waals surface area contributed by atoms with Gasteiger partial charge in [-0.3, -0.25) is 9.36 Å². The number of aryl methyl sites for hydroxylation is 1. The zero-order valence-electron chi connectivity index (χ0n) is 15.5. The van der Waals surface area contributed by atoms with E-state index in [4.69, 9.17) is 10.7 Å². The van der Waals surface area contributed by atoms with Crippen LogP contribution in [0.4, 0.5) is 5.95 Å². The fourth-order valence-electron chi connectivity index (χ4n) is 3.84. The summed E-state index contributed by atoms with van der Waals surface area (Å²) in [5.41, 5.74) is 11.5. The van der Waals surface area contributed by atoms with Crippen molar-refractivity contribution in [2.75, 3.05) is 4.90 Å². The van der Waals surface area contributed by atoms with Crippen LogP contribution < -0.4 is 16.2 Å². The van der Waals surface area contributed by atoms with Gasteiger partial charge < -0.3 is 10.6 Å². The smallest absolute Gasteiger partial charge is 0.262 e. The maximum atomic E-state index is 13.2. The van der Waals surface area contributed by atoms with Crippen molar-refractivity contribution in [1.82, 2.24) is 9.55 Å². The highest BCUT2D eigenvalue weighted by Crippen LogP contribution is 2.29. The molecule has 2 heterocycles. The summed E-state index contributed by atoms with van der Waals surface area (Å²) in [6.07, 6.45) is 0. The minimum Gasteiger partial charge on any atom is -0.333 e. The van der Waals surface area contributed by atoms with Gasteiger partial charge in [0.2, 0.25) is 5.95 Å². The summed E-state index contributed by atoms with van der Waals surface area (Å²) in [6.45, 7) is 8.05. The van der Waals surface area contributed by atoms with Crippen LogP contribution in [0.1, 0.15) is 42.1 Å². The average Bonchev–Trinajstić information content (AvgIpc) is 3.05. The third kappa shape index (κ3) is 2.59. The minimum absolute atomic E-state index is 0.00839. The lowest BCUT2D eigenvalue weighted by Crippen LogP contribution is -2.30. The van der Waals surface area contributed by atoms with Crippen LogP contribution in [0.2, 0.25) is 0 Å². The van der Waals surface area contributed by atoms with Gasteiger partial charge >= 0.3 is 0 Å². The van der Waals surface area contributed by atoms with Gasteiger partial charge in [-0.05, 0) is 49.1 Å². The number of nitrogens with two attached hydrogens (primary N) is 1. The van der Waals surface area contributed by atoms with Gasteiger partial charge in [0, 0.05) is 25.7 Å². The van der Waals surface area contributed by atoms with Gasteiger partial charge in [0.05, 0.1) is 10.9 Å². The molecule has 3 aromatic rings. The number of benzene rings is 2. The Morgan fingerprint density at radius 1 is 1.19 bits per heavy atom. The lowest BCUT2D eigenvalue weighted by Gasteiger charge is -2.22. The second kappa shape index (κ2) is 6.25. The molecule has 0 radical (unpaired) electrons. The Hall–Kier alpha value is -2.66. The first kappa shape index (κ1) is 16.8. The summed E-state index contributed by atoms with van der Waals surface area (Å²) < 4.78 is 1.78. The molecule has 1 aliphatic rings. The topological polar surface area (TPSA) is 64.2 Å². The largest absolute Gasteiger partial charge is 0.333 e. The molecule has 0 fully saturated rings. The number of fused-ring (bicyclic) bond motifs is 2. The summed E-state index contributed by atoms with van der Waals surface area (Å²) >= 11 is 0. The van der Waals surface area contributed by atoms with E-state index >= 15 is 0 Å². The van der Waals surface area contributed by atoms with Crippen LogP contribution in [0, 0.1) is 6.92 Å². The van der Waals surface area contributed by atoms with Gasteiger partial charge in [-0.15, -0.1) is 0 Å². The van der Waals surface area contributed by atoms with Gasteiger partial charge in [-0.1, -0.05) is 30.3 Å². The number of aromatic nitrogens is 2. The van der Waals surface area contributed by atoms with Crippen LogP contribution in [0.25, 0.3) is 10.9 Å². The van der Waals surface area contributed by atoms with E-state index in [9.17, 15) is 4.79 Å². The van der Waals surface area contributed by atoms with Crippen molar-refractivity contribution >= 4 is 16.9 Å². The van der Waals surface area contributed by atoms with Crippen molar-refractivity contribution in [3.05, 3.63) is 69.0 Å². The van der Waals surface area contributed by atoms with Crippen molar-refractivity contribution in [2.24, 2.45) is 5.73 Å². The zero-order chi connectivity index (χ0) is 18.4. The number of rotatable bonds is 3. The van der Waals surface area contributed by atoms with Crippen molar-refractivity contribution in [3.63, 3.8) is 0 Å². The molecule has 134 valence electrons. The van der Waals surface area contributed by atoms with Crippen LogP contribution in [-0.4, -0.2) is 9.55 Å². The van der Waals surface area contributed by atoms with E-state index in [1.54, 1.807) is 4.57 Å². The predicted molar refractivity (Wildman–Crippen MR) is 105 cm³/mol. The molecule has 5 nitrogen and oxygen atoms in total. The van der Waals surface area contributed by atoms with Crippen molar-refractivity contribution in [3.8, 4) is 0 Å². The van der Waals surface area contributed by atoms with E-state index in [0.29, 0.717) is 11.9 Å². The molecule has 0 saturated heterocycles. The quantitative estimate of drug-likeness (QED) is 0.789. The highest BCUT2D eigenvalue weighted by atomic mass is 16.1. The summed E-state index contributed by atoms with van der Waals surface area (Å²) in [6, 6.07) is 12.2. The SMILES string of the molecule is CCn1c(N2Cc3ccccc3C2)nc2c([C@@H](C)N)cc(C)cc2c1=O. The Labute approximate surface area is 153 Å². The number of nitrogens with zero attached hydrogens (tertiary/aromatic N) is 3. The Bertz CT molecular complexity index is 1030. The first-order valence-electron chi connectivity index (χ1n) is 9.12. The summed E-state index contributed by atoms with van der Waals surface area (Å²) in [7, 11) is 0. The third-order valence-corrected chi connectivity index (χ3v) is 5.14. The number of anilines is 1. The molecule has 1 aliphatic heterocycles. The van der Waals surface area contributed by atoms with E-state index in [1.165, 1.54) is 11.1 Å². The first-order valence-corrected chi connectivity index (χ1v) is 9.12. The van der Waals surface area contributed by atoms with E-state index in [-0.39, 0.29) is 11.6 Å². The molecule has 4 rings (SSSR count). The highest BCUT2D eigenvalue weighted by molar-refractivity contribution is 5.83. The molecule has 5 heteroatoms. The van der Waals surface area contributed by atoms with Crippen LogP contribution in [0.3, 0.4) is 0 Å². The molecule has 0 saturated carbocycles. The molecule has 0 aliphatic carbocycles. The standard InChI is InChI=1S/C21H24N4O/c1-4-25-20(26)18-10-13(2)9-17(14(3)22)19(18)23-21(25)24-11-15-7-5-6-8-16(15)12-24/h5-10,14H,4,11-12,22H2,1-3H3/t14-/m1/s1. The fourth-order valence-corrected chi connectivity index (χ4v) is 3.84. The summed E-state index contributed by atoms with van der Waals surface area (Å²) in [5.74, 6) is 0.729. The lowest BCUT2D eigenvalue weighted by molar-refractivity contribution is 0.675. The van der Waals surface area contributed by atoms with Gasteiger partial charge in [0.25, 0.3) is 5.56 Å². The van der Waals surface area contributed by atoms with Crippen molar-refractivity contribution in [1.29, 1.82) is 0 Å². The maximum absolute atomic E-state index is 13.2. The van der Waals surface area contributed by atoms with E-state index in [2.05, 4.69) is 29.2 Å². The van der Waals surface area contributed by atoms with Crippen LogP contribution in [-0.2, 0) is 19.6 Å². The molecule has 26 heavy (non-hydrogen) atoms. The third-order valence-electron chi connectivity index (χ3n) is 5.14. The predicted octanol–water partition coefficient (Wildman–Crippen LogP) is 3.26. The maximum Gasteiger partial charge on any atom is 0.262 e. The molecule has 2 aromatic carbocycles. The number of hydrogen-bond donors (Lipinski definition) is 1. The fraction of sp³-hybridized carbons (Fsp3) is 0.333. The van der Waals surface area contributed by atoms with Crippen LogP contribution >= 0.6 is 0 Å². The van der Waals surface area contributed by atoms with Crippen LogP contribution in [0.15, 0.2) is 41.2 Å². The first-order chi connectivity index (χ1) is 12.5. The Morgan fingerprint density at radius 2 is 1.85 bits per heavy atom. The Kier molecular flexibility index (Phi) is 4.04. The molecule has 0 unspecified atom stereocenters. The number of hydrogen-bond acceptors (Lipinski definition) is 4. The zero-order valence-corrected chi connectivity index (χ0v) is 15.5. The second-order valence-corrected chi connectivity index (χ2v) is 7.12. The Balaban J connectivity index is 1.94. The monoisotopic (exact) mass is 348 g/mol. The molecule has 0 spiro atoms. The molecule has 1 aromatic heterocycles. The minimum atomic E-state index is -0.176. The highest BCUT2D eigenvalue weighted by Gasteiger charge is 2.24. The summed E-state index contributed by atoms with van der Waals surface area (Å²) in [4.78, 5) is 20.3. The molecule has 0 bridgehead atoms. The summed E-state index contributed by atoms with van der Waals surface area (Å²) in [5, 5.41) is 0.652. The van der Waals surface area contributed by atoms with E-state index < -0.39 is 0 Å². The molecule has 2 N–H and O–H groups in total. The van der Waals surface area contributed by atoms with Crippen molar-refractivity contribution < 1.29 is 0 Å². The molecule has 0 amide bonds. The van der Waals surface area contributed by atoms with Crippen molar-refractivity contribution in [2.45, 2.75) is 46.4 Å². The van der Waals surface area contributed by atoms with Crippen LogP contribution in [0.5, 0.6) is 0 Å². The molecular weight excluding hydrogens is 324 g/mol. The van der Waals surface area contributed by atoms with Gasteiger partial charge in [0.1, 0.15) is 0 Å². The molecular formula is C21H24N4O. The second-order valence-electron chi connectivity index (χ2n) is 7.12. The normalized spacial score (nSPS) is 14.7. The van der Waals surface area contributed by atoms with Gasteiger partial charge in [-0.2, -0.15) is 0 Å². The molecule has 1 atom stereocenters. The van der Waals surface area contributed by atoms with Gasteiger partial charge in [0.15, 0.2) is 0 Å². The van der Waals surface area contributed by atoms with Gasteiger partial charge in [-0.25, -0.2) is 4.98 Å². The Morgan fingerprint density at radius 3 is 2.42 bits per heavy atom. The lowest BCUT2D eigenvalue weighted by atomic mass is 10.0. The van der Waals surface area contributed by atoms with E-state index in [1.807, 2.05) is 32.9 Å².